The molecule has 1 saturated heterocycles. The van der Waals surface area contributed by atoms with Crippen molar-refractivity contribution < 1.29 is 77.6 Å². The second-order valence-electron chi connectivity index (χ2n) is 17.9. The number of nitrogens with one attached hydrogen (secondary N) is 9. The fourth-order valence-electron chi connectivity index (χ4n) is 7.69. The zero-order chi connectivity index (χ0) is 56.8. The number of fused-ring (bicyclic) bond motifs is 32. The summed E-state index contributed by atoms with van der Waals surface area (Å²) >= 11 is 0.851. The van der Waals surface area contributed by atoms with Crippen LogP contribution in [0.25, 0.3) is 0 Å². The number of nitrogens with two attached hydrogens (primary N) is 2. The molecular formula is C48H62N12O16S. The molecule has 2 bridgehead atoms. The van der Waals surface area contributed by atoms with Gasteiger partial charge in [-0.3, -0.25) is 62.9 Å². The lowest BCUT2D eigenvalue weighted by molar-refractivity contribution is -0.141. The summed E-state index contributed by atoms with van der Waals surface area (Å²) in [6, 6.07) is 0.592. The van der Waals surface area contributed by atoms with Crippen molar-refractivity contribution in [1.82, 2.24) is 47.9 Å². The van der Waals surface area contributed by atoms with Crippen LogP contribution in [-0.4, -0.2) is 171 Å². The van der Waals surface area contributed by atoms with Crippen LogP contribution in [0.15, 0.2) is 59.6 Å². The number of amides is 11. The molecule has 3 heterocycles. The van der Waals surface area contributed by atoms with Gasteiger partial charge >= 0.3 is 11.9 Å². The van der Waals surface area contributed by atoms with Gasteiger partial charge in [0.2, 0.25) is 53.2 Å². The Morgan fingerprint density at radius 1 is 0.662 bits per heavy atom. The molecule has 2 aromatic rings. The van der Waals surface area contributed by atoms with E-state index < -0.39 is 151 Å². The third kappa shape index (κ3) is 21.1. The number of aliphatic hydroxyl groups is 1. The number of primary amides is 2. The predicted octanol–water partition coefficient (Wildman–Crippen LogP) is -4.88. The van der Waals surface area contributed by atoms with E-state index in [2.05, 4.69) is 52.8 Å². The standard InChI is InChI=1S/C48H62N12O16S/c1-24-41(68)52-21-37(63)55-30(18-26-10-12-27(13-11-26)48(75)76)45(72)59-33(20-39(65)66)47(74)58-32(19-35(49)61)46(73)56-29-14-15-36(62)51-16-6-5-9-28(54-38(64)23-77-22-34(40(50)67)60-43(29)70)42(69)57-31(44(71)53-24)17-25-7-3-2-4-8-25/h2-4,7-8,10-13,21,24,28-34,43,60,70H,5-6,9,14-20,22-23H2,1H3,(H2,49,61)(H2,50,67)(H,51,62)(H,53,71)(H,54,64)(H,55,63)(H,56,73)(H,57,69)(H,58,74)(H,59,72)(H,65,66)(H,75,76)/t24-,28-,29-,30+,31-,32-,33-,34-,43+/m0/s1. The first kappa shape index (κ1) is 61.2. The van der Waals surface area contributed by atoms with Crippen LogP contribution in [0.3, 0.4) is 0 Å². The lowest BCUT2D eigenvalue weighted by Gasteiger charge is -2.30. The highest BCUT2D eigenvalue weighted by Gasteiger charge is 2.35. The molecule has 29 heteroatoms. The number of carboxylic acid groups (broad SMARTS) is 2. The zero-order valence-electron chi connectivity index (χ0n) is 41.6. The number of carbonyl (C=O) groups excluding carboxylic acids is 11. The number of benzene rings is 2. The summed E-state index contributed by atoms with van der Waals surface area (Å²) in [5, 5.41) is 52.6. The Kier molecular flexibility index (Phi) is 24.1. The van der Waals surface area contributed by atoms with E-state index in [9.17, 15) is 77.6 Å². The molecule has 0 unspecified atom stereocenters. The van der Waals surface area contributed by atoms with Gasteiger partial charge in [-0.25, -0.2) is 9.79 Å². The van der Waals surface area contributed by atoms with Gasteiger partial charge in [0.15, 0.2) is 0 Å². The van der Waals surface area contributed by atoms with E-state index in [1.165, 1.54) is 31.2 Å². The topological polar surface area (TPSA) is 455 Å². The Morgan fingerprint density at radius 3 is 1.87 bits per heavy atom. The molecule has 3 aliphatic heterocycles. The Labute approximate surface area is 444 Å². The van der Waals surface area contributed by atoms with E-state index >= 15 is 0 Å². The van der Waals surface area contributed by atoms with Crippen LogP contribution in [-0.2, 0) is 70.4 Å². The van der Waals surface area contributed by atoms with Crippen molar-refractivity contribution in [2.75, 3.05) is 18.1 Å². The van der Waals surface area contributed by atoms with Crippen LogP contribution in [0, 0.1) is 0 Å². The number of thioether (sulfide) groups is 1. The lowest BCUT2D eigenvalue weighted by atomic mass is 10.0. The normalized spacial score (nSPS) is 25.7. The van der Waals surface area contributed by atoms with Gasteiger partial charge in [-0.1, -0.05) is 42.5 Å². The molecule has 1 fully saturated rings. The number of hydrogen-bond acceptors (Lipinski definition) is 16. The van der Waals surface area contributed by atoms with Crippen LogP contribution in [0.4, 0.5) is 0 Å². The second-order valence-corrected chi connectivity index (χ2v) is 19.0. The van der Waals surface area contributed by atoms with Crippen molar-refractivity contribution in [1.29, 1.82) is 0 Å². The third-order valence-corrected chi connectivity index (χ3v) is 12.8. The highest BCUT2D eigenvalue weighted by molar-refractivity contribution is 8.00. The molecule has 9 atom stereocenters. The molecule has 11 amide bonds. The maximum Gasteiger partial charge on any atom is 0.335 e. The summed E-state index contributed by atoms with van der Waals surface area (Å²) in [6.07, 6.45) is -4.39. The molecular weight excluding hydrogens is 1030 g/mol. The first-order valence-corrected chi connectivity index (χ1v) is 25.3. The molecule has 0 aliphatic carbocycles. The Hall–Kier alpha value is -8.31. The molecule has 0 aromatic heterocycles. The van der Waals surface area contributed by atoms with Gasteiger partial charge in [0, 0.05) is 31.6 Å². The number of hydrogen-bond donors (Lipinski definition) is 14. The highest BCUT2D eigenvalue weighted by Crippen LogP contribution is 2.13. The molecule has 0 saturated carbocycles. The number of aliphatic carboxylic acids is 1. The van der Waals surface area contributed by atoms with Gasteiger partial charge in [-0.15, -0.1) is 11.8 Å². The third-order valence-electron chi connectivity index (χ3n) is 11.8. The van der Waals surface area contributed by atoms with Crippen LogP contribution >= 0.6 is 11.8 Å². The fourth-order valence-corrected chi connectivity index (χ4v) is 8.58. The summed E-state index contributed by atoms with van der Waals surface area (Å²) < 4.78 is 0. The second kappa shape index (κ2) is 30.3. The van der Waals surface area contributed by atoms with E-state index in [4.69, 9.17) is 11.5 Å². The predicted molar refractivity (Wildman–Crippen MR) is 272 cm³/mol. The SMILES string of the molecule is C[C@@H]1NC(=O)[C@H](Cc2ccccc2)NC(=O)[C@@H]2CCCCNC(=O)CC[C@H](NC(=O)[C@H](CC(N)=O)NC(=O)[C@H](CC(=O)O)NC(=O)[C@@H](Cc3ccc(C(=O)O)cc3)NC(=O)C=NC1=O)[C@@H](O)N[C@H](C(N)=O)CSCC(=O)N2. The van der Waals surface area contributed by atoms with Gasteiger partial charge in [0.25, 0.3) is 11.8 Å². The minimum Gasteiger partial charge on any atom is -0.481 e. The van der Waals surface area contributed by atoms with E-state index in [0.29, 0.717) is 11.8 Å². The molecule has 3 aliphatic rings. The van der Waals surface area contributed by atoms with Gasteiger partial charge in [0.05, 0.1) is 42.5 Å². The van der Waals surface area contributed by atoms with E-state index in [1.54, 1.807) is 30.3 Å². The number of carbonyl (C=O) groups is 13. The quantitative estimate of drug-likeness (QED) is 0.0992. The Morgan fingerprint density at radius 2 is 1.25 bits per heavy atom. The number of aliphatic imine (C=N–C) groups is 1. The number of nitrogens with zero attached hydrogens (tertiary/aromatic N) is 1. The highest BCUT2D eigenvalue weighted by atomic mass is 32.2. The smallest absolute Gasteiger partial charge is 0.335 e. The monoisotopic (exact) mass is 1090 g/mol. The average Bonchev–Trinajstić information content (AvgIpc) is 3.36. The van der Waals surface area contributed by atoms with Crippen LogP contribution < -0.4 is 59.3 Å². The van der Waals surface area contributed by atoms with Crippen molar-refractivity contribution in [3.8, 4) is 0 Å². The minimum atomic E-state index is -2.07. The van der Waals surface area contributed by atoms with E-state index in [-0.39, 0.29) is 67.7 Å². The molecule has 416 valence electrons. The van der Waals surface area contributed by atoms with Gasteiger partial charge in [0.1, 0.15) is 42.5 Å². The Balaban J connectivity index is 1.80. The number of carboxylic acids is 2. The summed E-state index contributed by atoms with van der Waals surface area (Å²) in [7, 11) is 0. The largest absolute Gasteiger partial charge is 0.481 e. The first-order valence-electron chi connectivity index (χ1n) is 24.1. The first-order chi connectivity index (χ1) is 36.5. The molecule has 5 rings (SSSR count). The lowest BCUT2D eigenvalue weighted by Crippen LogP contribution is -2.61. The number of aliphatic hydroxyl groups excluding tert-OH is 1. The number of rotatable bonds is 10. The number of aromatic carboxylic acids is 1. The Bertz CT molecular complexity index is 2550. The van der Waals surface area contributed by atoms with Crippen molar-refractivity contribution in [2.24, 2.45) is 16.5 Å². The molecule has 16 N–H and O–H groups in total. The van der Waals surface area contributed by atoms with Crippen molar-refractivity contribution >= 4 is 94.9 Å². The maximum atomic E-state index is 14.1. The molecule has 77 heavy (non-hydrogen) atoms. The maximum absolute atomic E-state index is 14.1. The molecule has 0 radical (unpaired) electrons. The van der Waals surface area contributed by atoms with Gasteiger partial charge < -0.3 is 69.3 Å². The summed E-state index contributed by atoms with van der Waals surface area (Å²) in [5.74, 6) is -14.9. The molecule has 28 nitrogen and oxygen atoms in total. The van der Waals surface area contributed by atoms with Gasteiger partial charge in [-0.05, 0) is 55.9 Å². The summed E-state index contributed by atoms with van der Waals surface area (Å²) in [6.45, 7) is 1.26. The molecule has 2 aromatic carbocycles. The van der Waals surface area contributed by atoms with Crippen LogP contribution in [0.2, 0.25) is 0 Å². The van der Waals surface area contributed by atoms with E-state index in [0.717, 1.165) is 11.8 Å². The van der Waals surface area contributed by atoms with Crippen LogP contribution in [0.1, 0.15) is 73.4 Å². The van der Waals surface area contributed by atoms with Crippen molar-refractivity contribution in [3.05, 3.63) is 71.3 Å². The average molecular weight is 1100 g/mol. The van der Waals surface area contributed by atoms with E-state index in [1.807, 2.05) is 0 Å². The van der Waals surface area contributed by atoms with Crippen molar-refractivity contribution in [2.45, 2.75) is 119 Å². The fraction of sp³-hybridized carbons (Fsp3) is 0.458. The summed E-state index contributed by atoms with van der Waals surface area (Å²) in [5.41, 5.74) is 11.7. The van der Waals surface area contributed by atoms with Crippen LogP contribution in [0.5, 0.6) is 0 Å². The van der Waals surface area contributed by atoms with Gasteiger partial charge in [-0.2, -0.15) is 0 Å². The van der Waals surface area contributed by atoms with Crippen molar-refractivity contribution in [3.63, 3.8) is 0 Å². The summed E-state index contributed by atoms with van der Waals surface area (Å²) in [4.78, 5) is 175. The minimum absolute atomic E-state index is 0.00516. The molecule has 0 spiro atoms. The zero-order valence-corrected chi connectivity index (χ0v) is 42.4.